The monoisotopic (exact) mass is 857 g/mol. The molecule has 0 unspecified atom stereocenters. The number of aryl methyl sites for hydroxylation is 2. The lowest BCUT2D eigenvalue weighted by Crippen LogP contribution is -2.31. The van der Waals surface area contributed by atoms with Crippen LogP contribution >= 0.6 is 0 Å². The van der Waals surface area contributed by atoms with Crippen LogP contribution in [0, 0.1) is 13.8 Å². The Bertz CT molecular complexity index is 1290. The van der Waals surface area contributed by atoms with E-state index in [-0.39, 0.29) is 57.3 Å². The smallest absolute Gasteiger partial charge is 0.311 e. The van der Waals surface area contributed by atoms with Crippen LogP contribution in [-0.2, 0) is 43.6 Å². The van der Waals surface area contributed by atoms with Crippen LogP contribution in [0.15, 0.2) is 12.1 Å². The van der Waals surface area contributed by atoms with E-state index in [1.165, 1.54) is 128 Å². The second kappa shape index (κ2) is 36.3. The number of carbonyl (C=O) groups is 5. The molecule has 1 aromatic rings. The van der Waals surface area contributed by atoms with Crippen LogP contribution in [0.25, 0.3) is 0 Å². The van der Waals surface area contributed by atoms with Crippen molar-refractivity contribution in [1.29, 1.82) is 0 Å². The molecule has 61 heavy (non-hydrogen) atoms. The molecule has 9 nitrogen and oxygen atoms in total. The minimum atomic E-state index is -0.995. The molecule has 0 saturated carbocycles. The number of hydrogen-bond donors (Lipinski definition) is 0. The molecule has 0 saturated heterocycles. The lowest BCUT2D eigenvalue weighted by Gasteiger charge is -2.27. The normalized spacial score (nSPS) is 11.5. The van der Waals surface area contributed by atoms with E-state index in [1.807, 2.05) is 33.8 Å². The molecule has 0 aliphatic rings. The molecule has 0 atom stereocenters. The summed E-state index contributed by atoms with van der Waals surface area (Å²) in [6.07, 6.45) is 31.7. The highest BCUT2D eigenvalue weighted by Crippen LogP contribution is 2.37. The van der Waals surface area contributed by atoms with Gasteiger partial charge in [0.05, 0.1) is 12.8 Å². The van der Waals surface area contributed by atoms with E-state index in [9.17, 15) is 24.0 Å². The van der Waals surface area contributed by atoms with Crippen LogP contribution in [0.1, 0.15) is 243 Å². The maximum absolute atomic E-state index is 13.0. The molecule has 0 fully saturated rings. The summed E-state index contributed by atoms with van der Waals surface area (Å²) in [6, 6.07) is 3.75. The van der Waals surface area contributed by atoms with E-state index in [1.54, 1.807) is 6.07 Å². The Labute approximate surface area is 371 Å². The van der Waals surface area contributed by atoms with Gasteiger partial charge in [0.15, 0.2) is 6.10 Å². The van der Waals surface area contributed by atoms with Crippen molar-refractivity contribution in [3.63, 3.8) is 0 Å². The number of carbonyl (C=O) groups excluding carboxylic acids is 5. The largest absolute Gasteiger partial charge is 0.462 e. The lowest BCUT2D eigenvalue weighted by molar-refractivity contribution is -0.167. The Morgan fingerprint density at radius 3 is 1.30 bits per heavy atom. The van der Waals surface area contributed by atoms with Crippen molar-refractivity contribution in [2.75, 3.05) is 13.2 Å². The van der Waals surface area contributed by atoms with Gasteiger partial charge in [0.2, 0.25) is 0 Å². The van der Waals surface area contributed by atoms with Crippen molar-refractivity contribution in [3.05, 3.63) is 28.8 Å². The molecule has 0 heterocycles. The van der Waals surface area contributed by atoms with Gasteiger partial charge in [-0.1, -0.05) is 188 Å². The van der Waals surface area contributed by atoms with E-state index >= 15 is 0 Å². The molecule has 0 aliphatic carbocycles. The summed E-state index contributed by atoms with van der Waals surface area (Å²) in [5.41, 5.74) is 2.02. The predicted molar refractivity (Wildman–Crippen MR) is 247 cm³/mol. The van der Waals surface area contributed by atoms with Crippen molar-refractivity contribution in [2.24, 2.45) is 0 Å². The molecule has 1 aromatic carbocycles. The zero-order chi connectivity index (χ0) is 45.0. The summed E-state index contributed by atoms with van der Waals surface area (Å²) in [4.78, 5) is 62.7. The molecule has 0 spiro atoms. The first-order chi connectivity index (χ1) is 29.4. The Morgan fingerprint density at radius 1 is 0.525 bits per heavy atom. The second-order valence-electron chi connectivity index (χ2n) is 18.1. The van der Waals surface area contributed by atoms with Crippen LogP contribution in [0.5, 0.6) is 5.75 Å². The molecular weight excluding hydrogens is 769 g/mol. The Balaban J connectivity index is 2.57. The fourth-order valence-electron chi connectivity index (χ4n) is 8.02. The summed E-state index contributed by atoms with van der Waals surface area (Å²) >= 11 is 0. The van der Waals surface area contributed by atoms with E-state index in [0.29, 0.717) is 5.75 Å². The van der Waals surface area contributed by atoms with E-state index in [4.69, 9.17) is 18.9 Å². The summed E-state index contributed by atoms with van der Waals surface area (Å²) in [7, 11) is 0. The van der Waals surface area contributed by atoms with Gasteiger partial charge in [-0.3, -0.25) is 19.2 Å². The van der Waals surface area contributed by atoms with Crippen molar-refractivity contribution in [2.45, 2.75) is 252 Å². The van der Waals surface area contributed by atoms with E-state index in [2.05, 4.69) is 13.8 Å². The predicted octanol–water partition coefficient (Wildman–Crippen LogP) is 13.8. The average molecular weight is 857 g/mol. The fourth-order valence-corrected chi connectivity index (χ4v) is 8.02. The van der Waals surface area contributed by atoms with Gasteiger partial charge in [-0.15, -0.1) is 0 Å². The molecule has 9 heteroatoms. The second-order valence-corrected chi connectivity index (χ2v) is 18.1. The van der Waals surface area contributed by atoms with Gasteiger partial charge in [0.25, 0.3) is 0 Å². The minimum absolute atomic E-state index is 0.239. The summed E-state index contributed by atoms with van der Waals surface area (Å²) in [6.45, 7) is 11.7. The highest BCUT2D eigenvalue weighted by atomic mass is 16.6. The molecule has 1 rings (SSSR count). The SMILES string of the molecule is CCCCCCCCCCCCCCCC(=O)OCC(COC(=O)CCCCCCCCCCCCCCC)OC(=O)CCC(=O)Oc1cc(C)cc(C)c1C(C)(C)CC=O. The lowest BCUT2D eigenvalue weighted by atomic mass is 9.78. The quantitative estimate of drug-likeness (QED) is 0.0209. The Morgan fingerprint density at radius 2 is 0.902 bits per heavy atom. The van der Waals surface area contributed by atoms with Crippen LogP contribution in [0.3, 0.4) is 0 Å². The molecule has 350 valence electrons. The molecule has 0 radical (unpaired) electrons. The van der Waals surface area contributed by atoms with Crippen molar-refractivity contribution < 1.29 is 42.9 Å². The minimum Gasteiger partial charge on any atom is -0.462 e. The highest BCUT2D eigenvalue weighted by molar-refractivity contribution is 5.79. The standard InChI is InChI=1S/C52H88O9/c1-7-9-11-13-15-17-19-21-23-25-27-29-31-33-47(54)58-41-45(42-59-48(55)34-32-30-28-26-24-22-20-18-16-14-12-10-8-2)60-49(56)35-36-50(57)61-46-40-43(3)39-44(4)51(46)52(5,6)37-38-53/h38-40,45H,7-37,41-42H2,1-6H3. The number of esters is 4. The average Bonchev–Trinajstić information content (AvgIpc) is 3.21. The van der Waals surface area contributed by atoms with Crippen molar-refractivity contribution in [1.82, 2.24) is 0 Å². The van der Waals surface area contributed by atoms with Gasteiger partial charge in [0.1, 0.15) is 25.2 Å². The number of ether oxygens (including phenoxy) is 4. The van der Waals surface area contributed by atoms with Gasteiger partial charge >= 0.3 is 23.9 Å². The molecule has 0 amide bonds. The van der Waals surface area contributed by atoms with E-state index in [0.717, 1.165) is 61.5 Å². The van der Waals surface area contributed by atoms with Gasteiger partial charge in [0, 0.05) is 30.2 Å². The number of rotatable bonds is 40. The third-order valence-electron chi connectivity index (χ3n) is 11.6. The van der Waals surface area contributed by atoms with Gasteiger partial charge < -0.3 is 23.7 Å². The number of hydrogen-bond acceptors (Lipinski definition) is 9. The summed E-state index contributed by atoms with van der Waals surface area (Å²) in [5.74, 6) is -1.70. The fraction of sp³-hybridized carbons (Fsp3) is 0.788. The molecular formula is C52H88O9. The number of benzene rings is 1. The van der Waals surface area contributed by atoms with Crippen LogP contribution < -0.4 is 4.74 Å². The molecule has 0 aromatic heterocycles. The van der Waals surface area contributed by atoms with Crippen LogP contribution in [0.4, 0.5) is 0 Å². The zero-order valence-electron chi connectivity index (χ0n) is 39.8. The number of unbranched alkanes of at least 4 members (excludes halogenated alkanes) is 24. The summed E-state index contributed by atoms with van der Waals surface area (Å²) in [5, 5.41) is 0. The topological polar surface area (TPSA) is 122 Å². The molecule has 0 N–H and O–H groups in total. The maximum atomic E-state index is 13.0. The zero-order valence-corrected chi connectivity index (χ0v) is 39.8. The Kier molecular flexibility index (Phi) is 33.2. The first kappa shape index (κ1) is 55.8. The third kappa shape index (κ3) is 29.7. The van der Waals surface area contributed by atoms with Gasteiger partial charge in [-0.25, -0.2) is 0 Å². The van der Waals surface area contributed by atoms with Crippen molar-refractivity contribution in [3.8, 4) is 5.75 Å². The van der Waals surface area contributed by atoms with E-state index < -0.39 is 23.5 Å². The maximum Gasteiger partial charge on any atom is 0.311 e. The summed E-state index contributed by atoms with van der Waals surface area (Å²) < 4.78 is 22.3. The first-order valence-corrected chi connectivity index (χ1v) is 24.7. The van der Waals surface area contributed by atoms with Gasteiger partial charge in [-0.05, 0) is 43.9 Å². The number of aldehydes is 1. The van der Waals surface area contributed by atoms with Crippen molar-refractivity contribution >= 4 is 30.2 Å². The van der Waals surface area contributed by atoms with Gasteiger partial charge in [-0.2, -0.15) is 0 Å². The third-order valence-corrected chi connectivity index (χ3v) is 11.6. The Hall–Kier alpha value is -3.23. The van der Waals surface area contributed by atoms with Crippen LogP contribution in [0.2, 0.25) is 0 Å². The van der Waals surface area contributed by atoms with Crippen LogP contribution in [-0.4, -0.2) is 49.5 Å². The first-order valence-electron chi connectivity index (χ1n) is 24.7. The molecule has 0 aliphatic heterocycles. The highest BCUT2D eigenvalue weighted by Gasteiger charge is 2.28. The molecule has 0 bridgehead atoms.